The first kappa shape index (κ1) is 18.9. The molecule has 0 aromatic heterocycles. The van der Waals surface area contributed by atoms with Crippen LogP contribution < -0.4 is 9.62 Å². The van der Waals surface area contributed by atoms with Gasteiger partial charge in [0.15, 0.2) is 0 Å². The molecule has 2 aromatic carbocycles. The molecule has 2 amide bonds. The molecule has 0 spiro atoms. The van der Waals surface area contributed by atoms with Gasteiger partial charge in [-0.05, 0) is 42.5 Å². The lowest BCUT2D eigenvalue weighted by Crippen LogP contribution is -2.30. The molecule has 3 rings (SSSR count). The summed E-state index contributed by atoms with van der Waals surface area (Å²) in [6.45, 7) is 1.55. The van der Waals surface area contributed by atoms with Gasteiger partial charge in [-0.3, -0.25) is 9.59 Å². The predicted molar refractivity (Wildman–Crippen MR) is 104 cm³/mol. The average molecular weight is 458 g/mol. The normalized spacial score (nSPS) is 18.8. The van der Waals surface area contributed by atoms with Crippen molar-refractivity contribution in [1.29, 1.82) is 0 Å². The third kappa shape index (κ3) is 3.62. The summed E-state index contributed by atoms with van der Waals surface area (Å²) < 4.78 is 26.1. The standard InChI is InChI=1S/C17H14BrClN2O4S/c1-10-9-26(24,25)21(17(10)23)13-6-7-15(19)14(8-13)16(22)20-12-4-2-11(18)3-5-12/h2-8,10H,9H2,1H3,(H,20,22). The summed E-state index contributed by atoms with van der Waals surface area (Å²) >= 11 is 9.41. The molecule has 136 valence electrons. The molecule has 9 heteroatoms. The van der Waals surface area contributed by atoms with Crippen molar-refractivity contribution in [2.24, 2.45) is 5.92 Å². The molecule has 0 aliphatic carbocycles. The average Bonchev–Trinajstić information content (AvgIpc) is 2.78. The fraction of sp³-hybridized carbons (Fsp3) is 0.176. The number of anilines is 2. The molecule has 0 radical (unpaired) electrons. The minimum absolute atomic E-state index is 0.0784. The molecule has 1 atom stereocenters. The van der Waals surface area contributed by atoms with E-state index in [4.69, 9.17) is 11.6 Å². The largest absolute Gasteiger partial charge is 0.322 e. The number of nitrogens with zero attached hydrogens (tertiary/aromatic N) is 1. The number of rotatable bonds is 3. The Morgan fingerprint density at radius 1 is 1.23 bits per heavy atom. The molecule has 26 heavy (non-hydrogen) atoms. The van der Waals surface area contributed by atoms with Crippen molar-refractivity contribution in [1.82, 2.24) is 0 Å². The van der Waals surface area contributed by atoms with E-state index in [1.165, 1.54) is 18.2 Å². The Labute approximate surface area is 164 Å². The summed E-state index contributed by atoms with van der Waals surface area (Å²) in [4.78, 5) is 24.8. The Morgan fingerprint density at radius 2 is 1.88 bits per heavy atom. The highest BCUT2D eigenvalue weighted by Gasteiger charge is 2.42. The highest BCUT2D eigenvalue weighted by atomic mass is 79.9. The van der Waals surface area contributed by atoms with E-state index in [-0.39, 0.29) is 22.0 Å². The van der Waals surface area contributed by atoms with Crippen LogP contribution in [0.2, 0.25) is 5.02 Å². The third-order valence-corrected chi connectivity index (χ3v) is 6.62. The van der Waals surface area contributed by atoms with Crippen molar-refractivity contribution in [2.45, 2.75) is 6.92 Å². The lowest BCUT2D eigenvalue weighted by atomic mass is 10.1. The predicted octanol–water partition coefficient (Wildman–Crippen LogP) is 3.67. The van der Waals surface area contributed by atoms with E-state index < -0.39 is 27.8 Å². The zero-order chi connectivity index (χ0) is 19.1. The molecule has 1 N–H and O–H groups in total. The number of hydrogen-bond donors (Lipinski definition) is 1. The van der Waals surface area contributed by atoms with Gasteiger partial charge in [0.25, 0.3) is 5.91 Å². The summed E-state index contributed by atoms with van der Waals surface area (Å²) in [5.41, 5.74) is 0.734. The number of benzene rings is 2. The third-order valence-electron chi connectivity index (χ3n) is 3.89. The van der Waals surface area contributed by atoms with E-state index in [0.717, 1.165) is 8.78 Å². The number of carbonyl (C=O) groups is 2. The molecule has 2 aromatic rings. The molecule has 1 heterocycles. The number of carbonyl (C=O) groups excluding carboxylic acids is 2. The maximum atomic E-state index is 12.5. The van der Waals surface area contributed by atoms with Gasteiger partial charge in [-0.15, -0.1) is 0 Å². The minimum Gasteiger partial charge on any atom is -0.322 e. The Bertz CT molecular complexity index is 992. The summed E-state index contributed by atoms with van der Waals surface area (Å²) in [5.74, 6) is -1.91. The maximum absolute atomic E-state index is 12.5. The Hall–Kier alpha value is -1.90. The van der Waals surface area contributed by atoms with Gasteiger partial charge in [0.05, 0.1) is 27.9 Å². The van der Waals surface area contributed by atoms with Gasteiger partial charge in [-0.2, -0.15) is 0 Å². The fourth-order valence-electron chi connectivity index (χ4n) is 2.63. The van der Waals surface area contributed by atoms with Crippen molar-refractivity contribution in [2.75, 3.05) is 15.4 Å². The topological polar surface area (TPSA) is 83.6 Å². The van der Waals surface area contributed by atoms with Crippen molar-refractivity contribution < 1.29 is 18.0 Å². The van der Waals surface area contributed by atoms with Crippen LogP contribution in [0.15, 0.2) is 46.9 Å². The van der Waals surface area contributed by atoms with Gasteiger partial charge in [0.2, 0.25) is 15.9 Å². The van der Waals surface area contributed by atoms with E-state index in [9.17, 15) is 18.0 Å². The van der Waals surface area contributed by atoms with Crippen LogP contribution in [-0.4, -0.2) is 26.0 Å². The minimum atomic E-state index is -3.75. The van der Waals surface area contributed by atoms with Crippen molar-refractivity contribution in [3.8, 4) is 0 Å². The van der Waals surface area contributed by atoms with Gasteiger partial charge in [0, 0.05) is 10.2 Å². The summed E-state index contributed by atoms with van der Waals surface area (Å²) in [7, 11) is -3.75. The second kappa shape index (κ2) is 7.02. The van der Waals surface area contributed by atoms with Gasteiger partial charge >= 0.3 is 0 Å². The summed E-state index contributed by atoms with van der Waals surface area (Å²) in [5, 5.41) is 2.84. The number of nitrogens with one attached hydrogen (secondary N) is 1. The van der Waals surface area contributed by atoms with E-state index >= 15 is 0 Å². The van der Waals surface area contributed by atoms with Gasteiger partial charge in [-0.25, -0.2) is 12.7 Å². The molecule has 0 saturated carbocycles. The number of hydrogen-bond acceptors (Lipinski definition) is 4. The first-order valence-corrected chi connectivity index (χ1v) is 10.4. The van der Waals surface area contributed by atoms with Crippen LogP contribution in [0.1, 0.15) is 17.3 Å². The fourth-order valence-corrected chi connectivity index (χ4v) is 4.91. The first-order valence-electron chi connectivity index (χ1n) is 7.62. The van der Waals surface area contributed by atoms with Crippen molar-refractivity contribution in [3.63, 3.8) is 0 Å². The van der Waals surface area contributed by atoms with Gasteiger partial charge in [-0.1, -0.05) is 34.5 Å². The number of amides is 2. The molecule has 1 aliphatic heterocycles. The lowest BCUT2D eigenvalue weighted by molar-refractivity contribution is -0.119. The quantitative estimate of drug-likeness (QED) is 0.762. The molecule has 0 bridgehead atoms. The van der Waals surface area contributed by atoms with Crippen LogP contribution in [-0.2, 0) is 14.8 Å². The zero-order valence-electron chi connectivity index (χ0n) is 13.6. The van der Waals surface area contributed by atoms with Crippen LogP contribution >= 0.6 is 27.5 Å². The highest BCUT2D eigenvalue weighted by Crippen LogP contribution is 2.31. The van der Waals surface area contributed by atoms with Crippen LogP contribution in [0, 0.1) is 5.92 Å². The van der Waals surface area contributed by atoms with Crippen LogP contribution in [0.4, 0.5) is 11.4 Å². The summed E-state index contributed by atoms with van der Waals surface area (Å²) in [6, 6.07) is 11.1. The molecule has 6 nitrogen and oxygen atoms in total. The van der Waals surface area contributed by atoms with Crippen molar-refractivity contribution >= 4 is 60.7 Å². The van der Waals surface area contributed by atoms with E-state index in [1.807, 2.05) is 0 Å². The highest BCUT2D eigenvalue weighted by molar-refractivity contribution is 9.10. The Balaban J connectivity index is 1.94. The van der Waals surface area contributed by atoms with E-state index in [1.54, 1.807) is 31.2 Å². The zero-order valence-corrected chi connectivity index (χ0v) is 16.7. The Kier molecular flexibility index (Phi) is 5.09. The number of halogens is 2. The SMILES string of the molecule is CC1CS(=O)(=O)N(c2ccc(Cl)c(C(=O)Nc3ccc(Br)cc3)c2)C1=O. The molecular weight excluding hydrogens is 444 g/mol. The van der Waals surface area contributed by atoms with Crippen LogP contribution in [0.5, 0.6) is 0 Å². The maximum Gasteiger partial charge on any atom is 0.257 e. The molecule has 1 saturated heterocycles. The second-order valence-electron chi connectivity index (χ2n) is 5.91. The van der Waals surface area contributed by atoms with Gasteiger partial charge < -0.3 is 5.32 Å². The van der Waals surface area contributed by atoms with Crippen molar-refractivity contribution in [3.05, 3.63) is 57.5 Å². The van der Waals surface area contributed by atoms with E-state index in [2.05, 4.69) is 21.2 Å². The van der Waals surface area contributed by atoms with Gasteiger partial charge in [0.1, 0.15) is 0 Å². The number of sulfonamides is 1. The van der Waals surface area contributed by atoms with Crippen LogP contribution in [0.3, 0.4) is 0 Å². The van der Waals surface area contributed by atoms with Crippen LogP contribution in [0.25, 0.3) is 0 Å². The lowest BCUT2D eigenvalue weighted by Gasteiger charge is -2.17. The molecule has 1 fully saturated rings. The summed E-state index contributed by atoms with van der Waals surface area (Å²) in [6.07, 6.45) is 0. The van der Waals surface area contributed by atoms with E-state index in [0.29, 0.717) is 5.69 Å². The smallest absolute Gasteiger partial charge is 0.257 e. The molecule has 1 unspecified atom stereocenters. The first-order chi connectivity index (χ1) is 12.2. The second-order valence-corrected chi connectivity index (χ2v) is 9.09. The molecular formula is C17H14BrClN2O4S. The molecule has 1 aliphatic rings. The monoisotopic (exact) mass is 456 g/mol. The Morgan fingerprint density at radius 3 is 2.46 bits per heavy atom.